The molecule has 1 aromatic heterocycles. The highest BCUT2D eigenvalue weighted by atomic mass is 35.5. The molecule has 106 valence electrons. The lowest BCUT2D eigenvalue weighted by Gasteiger charge is -2.21. The zero-order chi connectivity index (χ0) is 14.7. The monoisotopic (exact) mass is 296 g/mol. The maximum atomic E-state index is 12.8. The topological polar surface area (TPSA) is 84.1 Å². The first-order valence-corrected chi connectivity index (χ1v) is 6.33. The number of halogens is 2. The lowest BCUT2D eigenvalue weighted by atomic mass is 10.0. The molecule has 0 aliphatic carbocycles. The fourth-order valence-electron chi connectivity index (χ4n) is 1.77. The second-order valence-electron chi connectivity index (χ2n) is 4.36. The number of benzene rings is 1. The molecule has 2 atom stereocenters. The first-order valence-electron chi connectivity index (χ1n) is 5.96. The summed E-state index contributed by atoms with van der Waals surface area (Å²) in [5.41, 5.74) is 6.08. The molecule has 0 spiro atoms. The van der Waals surface area contributed by atoms with Crippen molar-refractivity contribution in [3.63, 3.8) is 0 Å². The minimum absolute atomic E-state index is 0.0449. The number of rotatable bonds is 4. The Morgan fingerprint density at radius 1 is 1.30 bits per heavy atom. The maximum Gasteiger partial charge on any atom is 0.223 e. The van der Waals surface area contributed by atoms with E-state index in [1.807, 2.05) is 0 Å². The number of aliphatic hydroxyl groups is 1. The lowest BCUT2D eigenvalue weighted by Crippen LogP contribution is -2.24. The van der Waals surface area contributed by atoms with Gasteiger partial charge in [-0.1, -0.05) is 23.7 Å². The number of anilines is 2. The normalized spacial score (nSPS) is 13.8. The van der Waals surface area contributed by atoms with Crippen LogP contribution in [0.1, 0.15) is 18.6 Å². The molecule has 2 aromatic rings. The Morgan fingerprint density at radius 3 is 2.55 bits per heavy atom. The zero-order valence-corrected chi connectivity index (χ0v) is 11.5. The van der Waals surface area contributed by atoms with Crippen LogP contribution in [-0.2, 0) is 0 Å². The van der Waals surface area contributed by atoms with Crippen LogP contribution in [0.3, 0.4) is 0 Å². The summed E-state index contributed by atoms with van der Waals surface area (Å²) in [6.45, 7) is 1.76. The van der Waals surface area contributed by atoms with E-state index in [2.05, 4.69) is 15.3 Å². The van der Waals surface area contributed by atoms with E-state index in [1.54, 1.807) is 6.92 Å². The van der Waals surface area contributed by atoms with Crippen LogP contribution in [0, 0.1) is 5.82 Å². The maximum absolute atomic E-state index is 12.8. The third kappa shape index (κ3) is 3.55. The van der Waals surface area contributed by atoms with Crippen LogP contribution in [0.5, 0.6) is 0 Å². The van der Waals surface area contributed by atoms with E-state index < -0.39 is 6.10 Å². The van der Waals surface area contributed by atoms with Crippen LogP contribution in [0.4, 0.5) is 16.2 Å². The highest BCUT2D eigenvalue weighted by Gasteiger charge is 2.17. The summed E-state index contributed by atoms with van der Waals surface area (Å²) >= 11 is 5.77. The Morgan fingerprint density at radius 2 is 1.95 bits per heavy atom. The molecule has 1 heterocycles. The van der Waals surface area contributed by atoms with Gasteiger partial charge in [-0.05, 0) is 24.6 Å². The van der Waals surface area contributed by atoms with E-state index in [4.69, 9.17) is 17.3 Å². The smallest absolute Gasteiger partial charge is 0.223 e. The van der Waals surface area contributed by atoms with Gasteiger partial charge < -0.3 is 16.2 Å². The van der Waals surface area contributed by atoms with Gasteiger partial charge in [0.2, 0.25) is 5.95 Å². The van der Waals surface area contributed by atoms with E-state index in [0.717, 1.165) is 0 Å². The number of hydrogen-bond acceptors (Lipinski definition) is 5. The van der Waals surface area contributed by atoms with Gasteiger partial charge in [-0.3, -0.25) is 0 Å². The van der Waals surface area contributed by atoms with Gasteiger partial charge in [0.15, 0.2) is 0 Å². The minimum Gasteiger partial charge on any atom is -0.386 e. The average Bonchev–Trinajstić information content (AvgIpc) is 2.37. The van der Waals surface area contributed by atoms with Gasteiger partial charge in [0.05, 0.1) is 12.1 Å². The summed E-state index contributed by atoms with van der Waals surface area (Å²) in [6, 6.07) is 6.78. The molecule has 0 radical (unpaired) electrons. The van der Waals surface area contributed by atoms with Crippen molar-refractivity contribution < 1.29 is 9.50 Å². The van der Waals surface area contributed by atoms with E-state index in [9.17, 15) is 9.50 Å². The summed E-state index contributed by atoms with van der Waals surface area (Å²) in [4.78, 5) is 7.71. The summed E-state index contributed by atoms with van der Waals surface area (Å²) in [7, 11) is 0. The quantitative estimate of drug-likeness (QED) is 0.755. The van der Waals surface area contributed by atoms with Crippen molar-refractivity contribution in [2.24, 2.45) is 0 Å². The van der Waals surface area contributed by atoms with E-state index in [1.165, 1.54) is 30.3 Å². The number of nitrogen functional groups attached to an aromatic ring is 1. The Labute approximate surface area is 120 Å². The summed E-state index contributed by atoms with van der Waals surface area (Å²) in [6.07, 6.45) is -0.828. The van der Waals surface area contributed by atoms with Gasteiger partial charge in [0.25, 0.3) is 0 Å². The summed E-state index contributed by atoms with van der Waals surface area (Å²) < 4.78 is 12.8. The standard InChI is InChI=1S/C13H14ClFN4O/c1-7(12(20)8-2-4-9(15)5-3-8)17-11-6-10(14)18-13(16)19-11/h2-7,12,20H,1H3,(H3,16,17,18,19)/t7-,12+/m1/s1. The average molecular weight is 297 g/mol. The molecule has 1 aromatic carbocycles. The summed E-state index contributed by atoms with van der Waals surface area (Å²) in [5, 5.41) is 13.4. The van der Waals surface area contributed by atoms with Crippen molar-refractivity contribution in [1.29, 1.82) is 0 Å². The van der Waals surface area contributed by atoms with Gasteiger partial charge in [0, 0.05) is 6.07 Å². The van der Waals surface area contributed by atoms with E-state index in [0.29, 0.717) is 11.4 Å². The zero-order valence-electron chi connectivity index (χ0n) is 10.7. The number of aromatic nitrogens is 2. The Kier molecular flexibility index (Phi) is 4.36. The molecule has 0 saturated carbocycles. The highest BCUT2D eigenvalue weighted by molar-refractivity contribution is 6.29. The Balaban J connectivity index is 2.10. The molecule has 7 heteroatoms. The second kappa shape index (κ2) is 6.02. The first kappa shape index (κ1) is 14.5. The van der Waals surface area contributed by atoms with Crippen LogP contribution in [-0.4, -0.2) is 21.1 Å². The molecule has 20 heavy (non-hydrogen) atoms. The predicted octanol–water partition coefficient (Wildman–Crippen LogP) is 2.39. The molecule has 0 saturated heterocycles. The Hall–Kier alpha value is -1.92. The van der Waals surface area contributed by atoms with Gasteiger partial charge >= 0.3 is 0 Å². The van der Waals surface area contributed by atoms with Crippen molar-refractivity contribution in [1.82, 2.24) is 9.97 Å². The molecular weight excluding hydrogens is 283 g/mol. The number of nitrogens with two attached hydrogens (primary N) is 1. The SMILES string of the molecule is C[C@@H](Nc1cc(Cl)nc(N)n1)[C@H](O)c1ccc(F)cc1. The molecule has 0 aliphatic heterocycles. The third-order valence-electron chi connectivity index (χ3n) is 2.77. The lowest BCUT2D eigenvalue weighted by molar-refractivity contribution is 0.160. The van der Waals surface area contributed by atoms with E-state index >= 15 is 0 Å². The van der Waals surface area contributed by atoms with Crippen LogP contribution in [0.2, 0.25) is 5.15 Å². The minimum atomic E-state index is -0.828. The van der Waals surface area contributed by atoms with Crippen molar-refractivity contribution in [2.75, 3.05) is 11.1 Å². The fraction of sp³-hybridized carbons (Fsp3) is 0.231. The summed E-state index contributed by atoms with van der Waals surface area (Å²) in [5.74, 6) is 0.108. The molecule has 0 bridgehead atoms. The largest absolute Gasteiger partial charge is 0.386 e. The number of nitrogens with zero attached hydrogens (tertiary/aromatic N) is 2. The second-order valence-corrected chi connectivity index (χ2v) is 4.75. The van der Waals surface area contributed by atoms with Crippen molar-refractivity contribution >= 4 is 23.4 Å². The molecule has 4 N–H and O–H groups in total. The van der Waals surface area contributed by atoms with Crippen LogP contribution >= 0.6 is 11.6 Å². The van der Waals surface area contributed by atoms with Crippen molar-refractivity contribution in [2.45, 2.75) is 19.1 Å². The molecule has 0 unspecified atom stereocenters. The Bertz CT molecular complexity index is 573. The number of aliphatic hydroxyl groups excluding tert-OH is 1. The van der Waals surface area contributed by atoms with Crippen LogP contribution in [0.25, 0.3) is 0 Å². The highest BCUT2D eigenvalue weighted by Crippen LogP contribution is 2.21. The van der Waals surface area contributed by atoms with Gasteiger partial charge in [0.1, 0.15) is 16.8 Å². The van der Waals surface area contributed by atoms with Gasteiger partial charge in [-0.15, -0.1) is 0 Å². The van der Waals surface area contributed by atoms with Gasteiger partial charge in [-0.2, -0.15) is 4.98 Å². The van der Waals surface area contributed by atoms with Gasteiger partial charge in [-0.25, -0.2) is 9.37 Å². The fourth-order valence-corrected chi connectivity index (χ4v) is 1.96. The third-order valence-corrected chi connectivity index (χ3v) is 2.97. The molecule has 0 aliphatic rings. The first-order chi connectivity index (χ1) is 9.45. The number of hydrogen-bond donors (Lipinski definition) is 3. The van der Waals surface area contributed by atoms with Crippen LogP contribution in [0.15, 0.2) is 30.3 Å². The molecule has 0 fully saturated rings. The molecule has 5 nitrogen and oxygen atoms in total. The molecule has 2 rings (SSSR count). The van der Waals surface area contributed by atoms with Crippen molar-refractivity contribution in [3.05, 3.63) is 46.9 Å². The predicted molar refractivity (Wildman–Crippen MR) is 75.9 cm³/mol. The molecule has 0 amide bonds. The number of nitrogens with one attached hydrogen (secondary N) is 1. The van der Waals surface area contributed by atoms with Crippen LogP contribution < -0.4 is 11.1 Å². The van der Waals surface area contributed by atoms with Crippen molar-refractivity contribution in [3.8, 4) is 0 Å². The molecular formula is C13H14ClFN4O. The van der Waals surface area contributed by atoms with E-state index in [-0.39, 0.29) is 23.0 Å².